The van der Waals surface area contributed by atoms with E-state index in [1.165, 1.54) is 31.4 Å². The van der Waals surface area contributed by atoms with Gasteiger partial charge in [-0.05, 0) is 73.8 Å². The van der Waals surface area contributed by atoms with Crippen LogP contribution >= 0.6 is 11.6 Å². The average molecular weight is 379 g/mol. The molecular formula is C20H24ClFN2O2. The van der Waals surface area contributed by atoms with Gasteiger partial charge in [-0.1, -0.05) is 17.7 Å². The summed E-state index contributed by atoms with van der Waals surface area (Å²) in [4.78, 5) is 24.4. The van der Waals surface area contributed by atoms with Crippen LogP contribution in [0.3, 0.4) is 0 Å². The molecule has 4 bridgehead atoms. The van der Waals surface area contributed by atoms with Crippen molar-refractivity contribution in [1.82, 2.24) is 10.9 Å². The summed E-state index contributed by atoms with van der Waals surface area (Å²) in [6.07, 6.45) is 7.70. The number of halogens is 2. The zero-order valence-corrected chi connectivity index (χ0v) is 15.4. The number of carbonyl (C=O) groups is 2. The third kappa shape index (κ3) is 3.59. The fourth-order valence-electron chi connectivity index (χ4n) is 5.94. The molecule has 0 atom stereocenters. The van der Waals surface area contributed by atoms with Crippen LogP contribution < -0.4 is 10.9 Å². The lowest BCUT2D eigenvalue weighted by Crippen LogP contribution is -2.50. The SMILES string of the molecule is O=C(Cc1c(F)cccc1Cl)NNC(=O)CC12CC3CC(CC(C3)C1)C2. The van der Waals surface area contributed by atoms with Gasteiger partial charge in [0.25, 0.3) is 0 Å². The van der Waals surface area contributed by atoms with Crippen LogP contribution in [0.2, 0.25) is 5.02 Å². The van der Waals surface area contributed by atoms with Gasteiger partial charge in [0.2, 0.25) is 11.8 Å². The maximum atomic E-state index is 13.7. The number of hydrazine groups is 1. The minimum Gasteiger partial charge on any atom is -0.273 e. The van der Waals surface area contributed by atoms with E-state index in [0.717, 1.165) is 37.0 Å². The summed E-state index contributed by atoms with van der Waals surface area (Å²) in [5, 5.41) is 0.208. The Labute approximate surface area is 157 Å². The molecule has 0 unspecified atom stereocenters. The third-order valence-electron chi connectivity index (χ3n) is 6.44. The minimum absolute atomic E-state index is 0.123. The molecule has 0 spiro atoms. The molecule has 2 amide bonds. The molecule has 0 aliphatic heterocycles. The van der Waals surface area contributed by atoms with E-state index in [9.17, 15) is 14.0 Å². The van der Waals surface area contributed by atoms with Crippen LogP contribution in [0.25, 0.3) is 0 Å². The van der Waals surface area contributed by atoms with Crippen molar-refractivity contribution in [2.24, 2.45) is 23.2 Å². The van der Waals surface area contributed by atoms with Crippen LogP contribution in [-0.2, 0) is 16.0 Å². The summed E-state index contributed by atoms with van der Waals surface area (Å²) in [7, 11) is 0. The molecule has 4 fully saturated rings. The maximum absolute atomic E-state index is 13.7. The van der Waals surface area contributed by atoms with Gasteiger partial charge in [0, 0.05) is 17.0 Å². The van der Waals surface area contributed by atoms with Gasteiger partial charge in [-0.2, -0.15) is 0 Å². The first-order valence-electron chi connectivity index (χ1n) is 9.43. The predicted molar refractivity (Wildman–Crippen MR) is 96.6 cm³/mol. The van der Waals surface area contributed by atoms with Crippen LogP contribution in [0.1, 0.15) is 50.5 Å². The van der Waals surface area contributed by atoms with Crippen molar-refractivity contribution in [3.8, 4) is 0 Å². The number of carbonyl (C=O) groups excluding carboxylic acids is 2. The number of amides is 2. The lowest BCUT2D eigenvalue weighted by molar-refractivity contribution is -0.134. The third-order valence-corrected chi connectivity index (χ3v) is 6.80. The minimum atomic E-state index is -0.521. The molecule has 4 aliphatic rings. The largest absolute Gasteiger partial charge is 0.273 e. The van der Waals surface area contributed by atoms with E-state index < -0.39 is 11.7 Å². The van der Waals surface area contributed by atoms with Gasteiger partial charge >= 0.3 is 0 Å². The highest BCUT2D eigenvalue weighted by molar-refractivity contribution is 6.31. The predicted octanol–water partition coefficient (Wildman–Crippen LogP) is 3.78. The Kier molecular flexibility index (Phi) is 4.68. The van der Waals surface area contributed by atoms with E-state index in [4.69, 9.17) is 11.6 Å². The first-order chi connectivity index (χ1) is 12.4. The fraction of sp³-hybridized carbons (Fsp3) is 0.600. The van der Waals surface area contributed by atoms with Gasteiger partial charge < -0.3 is 0 Å². The molecule has 0 radical (unpaired) electrons. The van der Waals surface area contributed by atoms with Crippen LogP contribution in [-0.4, -0.2) is 11.8 Å². The molecule has 0 heterocycles. The van der Waals surface area contributed by atoms with Gasteiger partial charge in [-0.25, -0.2) is 4.39 Å². The Balaban J connectivity index is 1.30. The van der Waals surface area contributed by atoms with Gasteiger partial charge in [0.05, 0.1) is 6.42 Å². The van der Waals surface area contributed by atoms with Crippen molar-refractivity contribution in [1.29, 1.82) is 0 Å². The molecule has 0 saturated heterocycles. The first-order valence-corrected chi connectivity index (χ1v) is 9.81. The highest BCUT2D eigenvalue weighted by Gasteiger charge is 2.51. The Morgan fingerprint density at radius 2 is 1.62 bits per heavy atom. The number of hydrogen-bond acceptors (Lipinski definition) is 2. The first kappa shape index (κ1) is 17.8. The number of nitrogens with one attached hydrogen (secondary N) is 2. The van der Waals surface area contributed by atoms with E-state index in [0.29, 0.717) is 6.42 Å². The molecule has 1 aromatic carbocycles. The summed E-state index contributed by atoms with van der Waals surface area (Å²) in [6, 6.07) is 4.30. The van der Waals surface area contributed by atoms with Crippen LogP contribution in [0.15, 0.2) is 18.2 Å². The monoisotopic (exact) mass is 378 g/mol. The second-order valence-corrected chi connectivity index (χ2v) is 8.97. The molecular weight excluding hydrogens is 355 g/mol. The average Bonchev–Trinajstić information content (AvgIpc) is 2.55. The molecule has 0 aromatic heterocycles. The van der Waals surface area contributed by atoms with Gasteiger partial charge in [-0.3, -0.25) is 20.4 Å². The summed E-state index contributed by atoms with van der Waals surface area (Å²) in [5.74, 6) is 1.20. The van der Waals surface area contributed by atoms with Crippen molar-refractivity contribution in [2.75, 3.05) is 0 Å². The smallest absolute Gasteiger partial charge is 0.242 e. The highest BCUT2D eigenvalue weighted by atomic mass is 35.5. The highest BCUT2D eigenvalue weighted by Crippen LogP contribution is 2.61. The number of benzene rings is 1. The van der Waals surface area contributed by atoms with Crippen molar-refractivity contribution in [2.45, 2.75) is 51.4 Å². The van der Waals surface area contributed by atoms with Crippen molar-refractivity contribution in [3.63, 3.8) is 0 Å². The van der Waals surface area contributed by atoms with E-state index in [2.05, 4.69) is 10.9 Å². The molecule has 4 nitrogen and oxygen atoms in total. The molecule has 1 aromatic rings. The second-order valence-electron chi connectivity index (χ2n) is 8.57. The van der Waals surface area contributed by atoms with E-state index >= 15 is 0 Å². The maximum Gasteiger partial charge on any atom is 0.242 e. The quantitative estimate of drug-likeness (QED) is 0.783. The van der Waals surface area contributed by atoms with Gasteiger partial charge in [0.15, 0.2) is 0 Å². The van der Waals surface area contributed by atoms with Crippen LogP contribution in [0.4, 0.5) is 4.39 Å². The standard InChI is InChI=1S/C20H24ClFN2O2/c21-16-2-1-3-17(22)15(16)7-18(25)23-24-19(26)11-20-8-12-4-13(9-20)6-14(5-12)10-20/h1-3,12-14H,4-11H2,(H,23,25)(H,24,26). The van der Waals surface area contributed by atoms with Gasteiger partial charge in [0.1, 0.15) is 5.82 Å². The molecule has 140 valence electrons. The van der Waals surface area contributed by atoms with E-state index in [1.807, 2.05) is 0 Å². The normalized spacial score (nSPS) is 31.7. The fourth-order valence-corrected chi connectivity index (χ4v) is 6.17. The summed E-state index contributed by atoms with van der Waals surface area (Å²) in [6.45, 7) is 0. The molecule has 5 rings (SSSR count). The van der Waals surface area contributed by atoms with Crippen molar-refractivity contribution in [3.05, 3.63) is 34.6 Å². The van der Waals surface area contributed by atoms with E-state index in [-0.39, 0.29) is 28.3 Å². The molecule has 6 heteroatoms. The zero-order valence-electron chi connectivity index (χ0n) is 14.7. The Morgan fingerprint density at radius 1 is 1.04 bits per heavy atom. The number of hydrogen-bond donors (Lipinski definition) is 2. The Hall–Kier alpha value is -1.62. The molecule has 4 aliphatic carbocycles. The molecule has 2 N–H and O–H groups in total. The molecule has 26 heavy (non-hydrogen) atoms. The lowest BCUT2D eigenvalue weighted by atomic mass is 9.49. The second kappa shape index (κ2) is 6.84. The Bertz CT molecular complexity index is 681. The van der Waals surface area contributed by atoms with Gasteiger partial charge in [-0.15, -0.1) is 0 Å². The van der Waals surface area contributed by atoms with Crippen molar-refractivity contribution >= 4 is 23.4 Å². The zero-order chi connectivity index (χ0) is 18.3. The molecule has 4 saturated carbocycles. The topological polar surface area (TPSA) is 58.2 Å². The van der Waals surface area contributed by atoms with Crippen LogP contribution in [0.5, 0.6) is 0 Å². The van der Waals surface area contributed by atoms with Crippen LogP contribution in [0, 0.1) is 29.0 Å². The lowest BCUT2D eigenvalue weighted by Gasteiger charge is -2.56. The summed E-state index contributed by atoms with van der Waals surface area (Å²) < 4.78 is 13.7. The van der Waals surface area contributed by atoms with E-state index in [1.54, 1.807) is 6.07 Å². The summed E-state index contributed by atoms with van der Waals surface area (Å²) in [5.41, 5.74) is 5.18. The Morgan fingerprint density at radius 3 is 2.19 bits per heavy atom. The van der Waals surface area contributed by atoms with Crippen molar-refractivity contribution < 1.29 is 14.0 Å². The summed E-state index contributed by atoms with van der Waals surface area (Å²) >= 11 is 5.93. The number of rotatable bonds is 4.